The predicted molar refractivity (Wildman–Crippen MR) is 88.3 cm³/mol. The van der Waals surface area contributed by atoms with Crippen molar-refractivity contribution in [3.63, 3.8) is 0 Å². The summed E-state index contributed by atoms with van der Waals surface area (Å²) in [6.45, 7) is 0.150. The number of carbonyl (C=O) groups is 2. The number of nitriles is 1. The molecule has 0 aliphatic carbocycles. The van der Waals surface area contributed by atoms with Crippen molar-refractivity contribution in [1.29, 1.82) is 5.26 Å². The van der Waals surface area contributed by atoms with Crippen molar-refractivity contribution in [3.05, 3.63) is 72.3 Å². The van der Waals surface area contributed by atoms with E-state index in [0.29, 0.717) is 23.5 Å². The Hall–Kier alpha value is -3.57. The van der Waals surface area contributed by atoms with E-state index >= 15 is 0 Å². The summed E-state index contributed by atoms with van der Waals surface area (Å²) in [7, 11) is 0. The van der Waals surface area contributed by atoms with E-state index in [9.17, 15) is 14.9 Å². The first-order valence-electron chi connectivity index (χ1n) is 7.04. The van der Waals surface area contributed by atoms with Gasteiger partial charge in [0.1, 0.15) is 0 Å². The van der Waals surface area contributed by atoms with Gasteiger partial charge in [-0.1, -0.05) is 12.1 Å². The highest BCUT2D eigenvalue weighted by Crippen LogP contribution is 2.27. The Balaban J connectivity index is 0.000000333. The molecule has 25 heavy (non-hydrogen) atoms. The average molecular weight is 340 g/mol. The number of nitrogens with two attached hydrogens (primary N) is 1. The number of hydrogen-bond acceptors (Lipinski definition) is 6. The Morgan fingerprint density at radius 3 is 1.72 bits per heavy atom. The molecule has 0 bridgehead atoms. The normalized spacial score (nSPS) is 10.4. The summed E-state index contributed by atoms with van der Waals surface area (Å²) >= 11 is 0. The molecule has 0 saturated heterocycles. The Labute approximate surface area is 143 Å². The molecule has 0 aliphatic heterocycles. The smallest absolute Gasteiger partial charge is 0.328 e. The third kappa shape index (κ3) is 5.53. The molecule has 2 aromatic rings. The SMILES string of the molecule is N#CC(CN)(c1ccccn1)c1ccccn1.O=C(O)/C=C/C(=O)O. The maximum Gasteiger partial charge on any atom is 0.328 e. The van der Waals surface area contributed by atoms with Crippen LogP contribution >= 0.6 is 0 Å². The van der Waals surface area contributed by atoms with Gasteiger partial charge in [0.15, 0.2) is 5.41 Å². The van der Waals surface area contributed by atoms with Crippen LogP contribution in [0.15, 0.2) is 60.9 Å². The van der Waals surface area contributed by atoms with Gasteiger partial charge in [0.2, 0.25) is 0 Å². The topological polar surface area (TPSA) is 150 Å². The van der Waals surface area contributed by atoms with Crippen LogP contribution in [0.2, 0.25) is 0 Å². The fraction of sp³-hybridized carbons (Fsp3) is 0.118. The number of pyridine rings is 2. The second-order valence-corrected chi connectivity index (χ2v) is 4.66. The van der Waals surface area contributed by atoms with E-state index in [-0.39, 0.29) is 6.54 Å². The third-order valence-electron chi connectivity index (χ3n) is 3.07. The van der Waals surface area contributed by atoms with Crippen molar-refractivity contribution in [2.75, 3.05) is 6.54 Å². The van der Waals surface area contributed by atoms with Gasteiger partial charge in [-0.05, 0) is 24.3 Å². The van der Waals surface area contributed by atoms with E-state index in [1.54, 1.807) is 36.7 Å². The Kier molecular flexibility index (Phi) is 7.43. The largest absolute Gasteiger partial charge is 0.478 e. The molecule has 0 aromatic carbocycles. The highest BCUT2D eigenvalue weighted by Gasteiger charge is 2.35. The van der Waals surface area contributed by atoms with Gasteiger partial charge in [-0.3, -0.25) is 9.97 Å². The van der Waals surface area contributed by atoms with Crippen LogP contribution in [-0.2, 0) is 15.0 Å². The van der Waals surface area contributed by atoms with Crippen molar-refractivity contribution >= 4 is 11.9 Å². The molecule has 8 nitrogen and oxygen atoms in total. The van der Waals surface area contributed by atoms with E-state index in [1.807, 2.05) is 12.1 Å². The fourth-order valence-corrected chi connectivity index (χ4v) is 1.87. The molecular weight excluding hydrogens is 324 g/mol. The zero-order chi connectivity index (χ0) is 18.7. The molecule has 0 amide bonds. The van der Waals surface area contributed by atoms with Gasteiger partial charge in [0.05, 0.1) is 17.5 Å². The van der Waals surface area contributed by atoms with Crippen LogP contribution in [0, 0.1) is 11.3 Å². The van der Waals surface area contributed by atoms with Crippen LogP contribution in [0.25, 0.3) is 0 Å². The van der Waals surface area contributed by atoms with Crippen LogP contribution in [0.1, 0.15) is 11.4 Å². The molecule has 0 atom stereocenters. The van der Waals surface area contributed by atoms with E-state index in [0.717, 1.165) is 0 Å². The Bertz CT molecular complexity index is 715. The minimum Gasteiger partial charge on any atom is -0.478 e. The average Bonchev–Trinajstić information content (AvgIpc) is 2.64. The molecule has 0 spiro atoms. The molecule has 128 valence electrons. The molecule has 0 aliphatic rings. The predicted octanol–water partition coefficient (Wildman–Crippen LogP) is 0.957. The Morgan fingerprint density at radius 1 is 1.04 bits per heavy atom. The second kappa shape index (κ2) is 9.54. The van der Waals surface area contributed by atoms with Gasteiger partial charge < -0.3 is 15.9 Å². The van der Waals surface area contributed by atoms with E-state index in [4.69, 9.17) is 15.9 Å². The fourth-order valence-electron chi connectivity index (χ4n) is 1.87. The number of carboxylic acid groups (broad SMARTS) is 2. The van der Waals surface area contributed by atoms with Gasteiger partial charge in [-0.15, -0.1) is 0 Å². The molecule has 8 heteroatoms. The summed E-state index contributed by atoms with van der Waals surface area (Å²) < 4.78 is 0. The van der Waals surface area contributed by atoms with Gasteiger partial charge >= 0.3 is 11.9 Å². The summed E-state index contributed by atoms with van der Waals surface area (Å²) in [6.07, 6.45) is 4.42. The summed E-state index contributed by atoms with van der Waals surface area (Å²) in [5, 5.41) is 25.1. The zero-order valence-corrected chi connectivity index (χ0v) is 13.1. The first-order valence-corrected chi connectivity index (χ1v) is 7.04. The summed E-state index contributed by atoms with van der Waals surface area (Å²) in [6, 6.07) is 13.1. The number of nitrogens with zero attached hydrogens (tertiary/aromatic N) is 3. The first kappa shape index (κ1) is 19.5. The quantitative estimate of drug-likeness (QED) is 0.681. The zero-order valence-electron chi connectivity index (χ0n) is 13.1. The first-order chi connectivity index (χ1) is 12.0. The lowest BCUT2D eigenvalue weighted by Crippen LogP contribution is -2.36. The van der Waals surface area contributed by atoms with Crippen molar-refractivity contribution in [2.24, 2.45) is 5.73 Å². The second-order valence-electron chi connectivity index (χ2n) is 4.66. The van der Waals surface area contributed by atoms with E-state index in [1.165, 1.54) is 0 Å². The molecule has 0 radical (unpaired) electrons. The summed E-state index contributed by atoms with van der Waals surface area (Å²) in [4.78, 5) is 27.6. The molecule has 2 heterocycles. The van der Waals surface area contributed by atoms with E-state index in [2.05, 4.69) is 16.0 Å². The lowest BCUT2D eigenvalue weighted by Gasteiger charge is -2.23. The number of hydrogen-bond donors (Lipinski definition) is 3. The molecule has 2 aromatic heterocycles. The lowest BCUT2D eigenvalue weighted by atomic mass is 9.82. The van der Waals surface area contributed by atoms with Gasteiger partial charge in [-0.2, -0.15) is 5.26 Å². The number of carboxylic acids is 2. The Morgan fingerprint density at radius 2 is 1.48 bits per heavy atom. The lowest BCUT2D eigenvalue weighted by molar-refractivity contribution is -0.134. The number of aromatic nitrogens is 2. The van der Waals surface area contributed by atoms with Crippen molar-refractivity contribution < 1.29 is 19.8 Å². The number of rotatable bonds is 5. The van der Waals surface area contributed by atoms with E-state index < -0.39 is 17.4 Å². The molecule has 0 fully saturated rings. The minimum absolute atomic E-state index is 0.150. The maximum absolute atomic E-state index is 9.55. The monoisotopic (exact) mass is 340 g/mol. The molecular formula is C17H16N4O4. The van der Waals surface area contributed by atoms with Crippen molar-refractivity contribution in [1.82, 2.24) is 9.97 Å². The van der Waals surface area contributed by atoms with Crippen LogP contribution in [0.5, 0.6) is 0 Å². The van der Waals surface area contributed by atoms with Gasteiger partial charge in [-0.25, -0.2) is 9.59 Å². The number of aliphatic carboxylic acids is 2. The molecule has 4 N–H and O–H groups in total. The van der Waals surface area contributed by atoms with Crippen LogP contribution in [-0.4, -0.2) is 38.7 Å². The molecule has 0 unspecified atom stereocenters. The van der Waals surface area contributed by atoms with Crippen molar-refractivity contribution in [2.45, 2.75) is 5.41 Å². The minimum atomic E-state index is -1.26. The van der Waals surface area contributed by atoms with Crippen LogP contribution in [0.4, 0.5) is 0 Å². The van der Waals surface area contributed by atoms with Crippen LogP contribution < -0.4 is 5.73 Å². The van der Waals surface area contributed by atoms with Gasteiger partial charge in [0.25, 0.3) is 0 Å². The molecule has 0 saturated carbocycles. The van der Waals surface area contributed by atoms with Gasteiger partial charge in [0, 0.05) is 31.1 Å². The highest BCUT2D eigenvalue weighted by molar-refractivity contribution is 5.89. The summed E-state index contributed by atoms with van der Waals surface area (Å²) in [5.74, 6) is -2.51. The maximum atomic E-state index is 9.55. The standard InChI is InChI=1S/C13H12N4.C4H4O4/c14-9-13(10-15,11-5-1-3-7-16-11)12-6-2-4-8-17-12;5-3(6)1-2-4(7)8/h1-8H,9,14H2;1-2H,(H,5,6)(H,7,8)/b;2-1+. The molecule has 2 rings (SSSR count). The third-order valence-corrected chi connectivity index (χ3v) is 3.07. The van der Waals surface area contributed by atoms with Crippen LogP contribution in [0.3, 0.4) is 0 Å². The highest BCUT2D eigenvalue weighted by atomic mass is 16.4. The summed E-state index contributed by atoms with van der Waals surface area (Å²) in [5.41, 5.74) is 6.07. The van der Waals surface area contributed by atoms with Crippen molar-refractivity contribution in [3.8, 4) is 6.07 Å².